The highest BCUT2D eigenvalue weighted by Gasteiger charge is 2.50. The standard InChI is InChI=1S/C21H18F3N3O3/c1-9-5-13(21(22,23)24)19(11-6-16(28)12(8-25)20(30)18(9)11)27-15-4-2-3-14-10(15)7-17(29)26-14/h2-4,6,9,13,19,27-28,30H,5,7H2,1H3,(H,26,29)/t9-,13-,19+/m1/s1. The average Bonchev–Trinajstić information content (AvgIpc) is 3.04. The summed E-state index contributed by atoms with van der Waals surface area (Å²) in [6, 6.07) is 6.37. The summed E-state index contributed by atoms with van der Waals surface area (Å²) in [6.45, 7) is 1.55. The van der Waals surface area contributed by atoms with Crippen LogP contribution in [0.5, 0.6) is 11.5 Å². The van der Waals surface area contributed by atoms with Gasteiger partial charge in [0.15, 0.2) is 0 Å². The summed E-state index contributed by atoms with van der Waals surface area (Å²) < 4.78 is 41.9. The third-order valence-electron chi connectivity index (χ3n) is 5.82. The van der Waals surface area contributed by atoms with Gasteiger partial charge in [0.05, 0.1) is 18.4 Å². The smallest absolute Gasteiger partial charge is 0.394 e. The van der Waals surface area contributed by atoms with Gasteiger partial charge in [-0.3, -0.25) is 4.79 Å². The fourth-order valence-electron chi connectivity index (χ4n) is 4.48. The van der Waals surface area contributed by atoms with Crippen molar-refractivity contribution in [3.8, 4) is 17.6 Å². The third kappa shape index (κ3) is 3.09. The number of benzene rings is 2. The molecule has 0 saturated carbocycles. The molecule has 1 aliphatic heterocycles. The van der Waals surface area contributed by atoms with E-state index in [0.717, 1.165) is 6.07 Å². The van der Waals surface area contributed by atoms with Crippen molar-refractivity contribution in [2.24, 2.45) is 5.92 Å². The summed E-state index contributed by atoms with van der Waals surface area (Å²) in [6.07, 6.45) is -4.81. The molecular weight excluding hydrogens is 399 g/mol. The number of fused-ring (bicyclic) bond motifs is 2. The van der Waals surface area contributed by atoms with Crippen molar-refractivity contribution in [3.05, 3.63) is 46.5 Å². The van der Waals surface area contributed by atoms with Crippen molar-refractivity contribution in [1.29, 1.82) is 5.26 Å². The van der Waals surface area contributed by atoms with Crippen molar-refractivity contribution in [1.82, 2.24) is 0 Å². The zero-order valence-electron chi connectivity index (χ0n) is 15.8. The minimum Gasteiger partial charge on any atom is -0.506 e. The molecule has 1 heterocycles. The summed E-state index contributed by atoms with van der Waals surface area (Å²) in [7, 11) is 0. The molecule has 0 saturated heterocycles. The van der Waals surface area contributed by atoms with E-state index in [0.29, 0.717) is 16.9 Å². The Morgan fingerprint density at radius 2 is 2.03 bits per heavy atom. The van der Waals surface area contributed by atoms with E-state index >= 15 is 0 Å². The first-order chi connectivity index (χ1) is 14.1. The van der Waals surface area contributed by atoms with Crippen LogP contribution in [0.25, 0.3) is 0 Å². The van der Waals surface area contributed by atoms with Crippen LogP contribution in [-0.2, 0) is 11.2 Å². The molecule has 0 bridgehead atoms. The number of halogens is 3. The summed E-state index contributed by atoms with van der Waals surface area (Å²) in [5.41, 5.74) is 1.40. The largest absolute Gasteiger partial charge is 0.506 e. The monoisotopic (exact) mass is 417 g/mol. The van der Waals surface area contributed by atoms with E-state index in [1.165, 1.54) is 0 Å². The van der Waals surface area contributed by atoms with Gasteiger partial charge in [0.1, 0.15) is 23.1 Å². The zero-order valence-corrected chi connectivity index (χ0v) is 15.8. The molecule has 9 heteroatoms. The molecule has 0 fully saturated rings. The Morgan fingerprint density at radius 3 is 2.70 bits per heavy atom. The normalized spacial score (nSPS) is 22.6. The molecule has 2 aliphatic rings. The van der Waals surface area contributed by atoms with Crippen LogP contribution in [-0.4, -0.2) is 22.3 Å². The molecule has 0 spiro atoms. The molecule has 0 aromatic heterocycles. The topological polar surface area (TPSA) is 105 Å². The molecule has 3 atom stereocenters. The fourth-order valence-corrected chi connectivity index (χ4v) is 4.48. The molecule has 2 aromatic rings. The molecule has 1 amide bonds. The van der Waals surface area contributed by atoms with Gasteiger partial charge in [0.2, 0.25) is 5.91 Å². The lowest BCUT2D eigenvalue weighted by molar-refractivity contribution is -0.183. The minimum atomic E-state index is -4.55. The van der Waals surface area contributed by atoms with Gasteiger partial charge in [-0.25, -0.2) is 0 Å². The first kappa shape index (κ1) is 19.9. The first-order valence-electron chi connectivity index (χ1n) is 9.35. The van der Waals surface area contributed by atoms with Crippen LogP contribution in [0.1, 0.15) is 47.6 Å². The van der Waals surface area contributed by atoms with Crippen molar-refractivity contribution < 1.29 is 28.2 Å². The number of phenols is 2. The Kier molecular flexibility index (Phi) is 4.53. The molecule has 1 aliphatic carbocycles. The van der Waals surface area contributed by atoms with E-state index in [9.17, 15) is 33.4 Å². The zero-order chi connectivity index (χ0) is 21.8. The van der Waals surface area contributed by atoms with E-state index in [4.69, 9.17) is 0 Å². The predicted octanol–water partition coefficient (Wildman–Crippen LogP) is 4.30. The molecular formula is C21H18F3N3O3. The number of phenolic OH excluding ortho intramolecular Hbond substituents is 2. The lowest BCUT2D eigenvalue weighted by Gasteiger charge is -2.39. The lowest BCUT2D eigenvalue weighted by atomic mass is 9.72. The quantitative estimate of drug-likeness (QED) is 0.583. The molecule has 30 heavy (non-hydrogen) atoms. The summed E-state index contributed by atoms with van der Waals surface area (Å²) >= 11 is 0. The Morgan fingerprint density at radius 1 is 1.30 bits per heavy atom. The van der Waals surface area contributed by atoms with Crippen molar-refractivity contribution in [2.45, 2.75) is 37.9 Å². The molecule has 0 unspecified atom stereocenters. The summed E-state index contributed by atoms with van der Waals surface area (Å²) in [5, 5.41) is 35.4. The minimum absolute atomic E-state index is 0.0367. The van der Waals surface area contributed by atoms with Crippen LogP contribution in [0.2, 0.25) is 0 Å². The molecule has 2 aromatic carbocycles. The van der Waals surface area contributed by atoms with Gasteiger partial charge in [-0.1, -0.05) is 13.0 Å². The Bertz CT molecular complexity index is 1090. The SMILES string of the molecule is C[C@@H]1C[C@@H](C(F)(F)F)[C@@H](Nc2cccc3c2CC(=O)N3)c2cc(O)c(C#N)c(O)c21. The molecule has 4 N–H and O–H groups in total. The number of nitriles is 1. The maximum absolute atomic E-state index is 14.0. The second-order valence-corrected chi connectivity index (χ2v) is 7.70. The number of carbonyl (C=O) groups excluding carboxylic acids is 1. The lowest BCUT2D eigenvalue weighted by Crippen LogP contribution is -2.38. The number of amides is 1. The van der Waals surface area contributed by atoms with Gasteiger partial charge in [0.25, 0.3) is 0 Å². The molecule has 0 radical (unpaired) electrons. The number of nitrogens with one attached hydrogen (secondary N) is 2. The number of aromatic hydroxyl groups is 2. The number of hydrogen-bond donors (Lipinski definition) is 4. The number of carbonyl (C=O) groups is 1. The van der Waals surface area contributed by atoms with E-state index in [2.05, 4.69) is 10.6 Å². The number of hydrogen-bond acceptors (Lipinski definition) is 5. The van der Waals surface area contributed by atoms with E-state index in [1.807, 2.05) is 0 Å². The highest BCUT2D eigenvalue weighted by molar-refractivity contribution is 6.01. The second-order valence-electron chi connectivity index (χ2n) is 7.70. The van der Waals surface area contributed by atoms with Crippen molar-refractivity contribution in [3.63, 3.8) is 0 Å². The van der Waals surface area contributed by atoms with Crippen LogP contribution >= 0.6 is 0 Å². The van der Waals surface area contributed by atoms with Gasteiger partial charge < -0.3 is 20.8 Å². The Hall–Kier alpha value is -3.41. The van der Waals surface area contributed by atoms with Crippen LogP contribution < -0.4 is 10.6 Å². The van der Waals surface area contributed by atoms with Gasteiger partial charge in [-0.2, -0.15) is 18.4 Å². The number of nitrogens with zero attached hydrogens (tertiary/aromatic N) is 1. The van der Waals surface area contributed by atoms with Crippen LogP contribution in [0.15, 0.2) is 24.3 Å². The maximum atomic E-state index is 14.0. The molecule has 4 rings (SSSR count). The van der Waals surface area contributed by atoms with E-state index in [-0.39, 0.29) is 35.4 Å². The first-order valence-corrected chi connectivity index (χ1v) is 9.35. The highest BCUT2D eigenvalue weighted by Crippen LogP contribution is 2.53. The highest BCUT2D eigenvalue weighted by atomic mass is 19.4. The van der Waals surface area contributed by atoms with E-state index in [1.54, 1.807) is 31.2 Å². The van der Waals surface area contributed by atoms with Crippen molar-refractivity contribution >= 4 is 17.3 Å². The Balaban J connectivity index is 1.87. The second kappa shape index (κ2) is 6.83. The van der Waals surface area contributed by atoms with Crippen LogP contribution in [0, 0.1) is 17.2 Å². The van der Waals surface area contributed by atoms with Gasteiger partial charge in [-0.15, -0.1) is 0 Å². The summed E-state index contributed by atoms with van der Waals surface area (Å²) in [5.74, 6) is -3.80. The number of alkyl halides is 3. The molecule has 6 nitrogen and oxygen atoms in total. The van der Waals surface area contributed by atoms with Gasteiger partial charge in [0, 0.05) is 22.5 Å². The Labute approximate surface area is 170 Å². The fraction of sp³-hybridized carbons (Fsp3) is 0.333. The third-order valence-corrected chi connectivity index (χ3v) is 5.82. The number of anilines is 2. The van der Waals surface area contributed by atoms with Gasteiger partial charge >= 0.3 is 6.18 Å². The van der Waals surface area contributed by atoms with Crippen LogP contribution in [0.3, 0.4) is 0 Å². The predicted molar refractivity (Wildman–Crippen MR) is 102 cm³/mol. The van der Waals surface area contributed by atoms with E-state index < -0.39 is 35.6 Å². The van der Waals surface area contributed by atoms with Crippen LogP contribution in [0.4, 0.5) is 24.5 Å². The van der Waals surface area contributed by atoms with Crippen molar-refractivity contribution in [2.75, 3.05) is 10.6 Å². The number of rotatable bonds is 2. The van der Waals surface area contributed by atoms with Gasteiger partial charge in [-0.05, 0) is 36.1 Å². The summed E-state index contributed by atoms with van der Waals surface area (Å²) in [4.78, 5) is 11.8. The molecule has 156 valence electrons. The average molecular weight is 417 g/mol. The maximum Gasteiger partial charge on any atom is 0.394 e.